The largest absolute Gasteiger partial charge is 0.394 e. The minimum Gasteiger partial charge on any atom is -0.394 e. The number of hydrogen-bond acceptors (Lipinski definition) is 56. The van der Waals surface area contributed by atoms with Gasteiger partial charge in [-0.25, -0.2) is 0 Å². The topological polar surface area (TPSA) is 902 Å². The summed E-state index contributed by atoms with van der Waals surface area (Å²) in [5, 5.41) is 373. The van der Waals surface area contributed by atoms with Gasteiger partial charge in [-0.1, -0.05) is 0 Å². The van der Waals surface area contributed by atoms with E-state index in [0.29, 0.717) is 0 Å². The fourth-order valence-corrected chi connectivity index (χ4v) is 14.9. The van der Waals surface area contributed by atoms with Crippen LogP contribution in [0.3, 0.4) is 0 Å². The first-order valence-corrected chi connectivity index (χ1v) is 38.7. The quantitative estimate of drug-likeness (QED) is 0.0306. The van der Waals surface area contributed by atoms with Crippen LogP contribution in [0.5, 0.6) is 0 Å². The first kappa shape index (κ1) is 100. The van der Waals surface area contributed by atoms with Crippen LogP contribution in [0.2, 0.25) is 0 Å². The SMILES string of the molecule is OC[C@H]1O[C@@H](OC[C@H]2O[C@@H](OC[C@H]3O[C@@H](OC[C@H]4O[C@@H](OC[C@H]5O[C@@H](OC[C@H]6O[C@@H](OC[C@H]7O[C@@H](OC[C@H]8O[C@@H](OC[C@H]9O[C@@H](OC[C@H]%10O[C@@H](OC[C@H]%11OC(O)[C@H](O)[C@@H](O)[C@@H]%11O)[C@H](O)[C@@H](O)[C@@H]%10O)[C@H](O)[C@@H](O)[C@@H]9O)[C@H](O)[C@@H](O)[C@@H]8O)[C@H](O)[C@@H](O)[C@@H]7O)[C@H](O)[C@@H](O)[C@@H]6O)[C@H](O)[C@@H](O)[C@@H]5O)[C@H](O)[C@@H](O)[C@@H]4O)[C@H](O)[C@@H](O)[C@@H]3O)[C@H](O)[C@H](O)[C@@H]2O)[C@H](O)[C@@H](O)[C@@H]1O. The molecule has 0 aromatic heterocycles. The molecule has 11 fully saturated rings. The third-order valence-electron chi connectivity index (χ3n) is 22.8. The van der Waals surface area contributed by atoms with Crippen LogP contribution in [0.15, 0.2) is 0 Å². The van der Waals surface area contributed by atoms with Gasteiger partial charge < -0.3 is 278 Å². The smallest absolute Gasteiger partial charge is 0.186 e. The molecule has 56 nitrogen and oxygen atoms in total. The van der Waals surface area contributed by atoms with E-state index >= 15 is 0 Å². The Morgan fingerprint density at radius 2 is 0.230 bits per heavy atom. The number of hydrogen-bond donors (Lipinski definition) is 35. The minimum absolute atomic E-state index is 0.744. The van der Waals surface area contributed by atoms with Gasteiger partial charge >= 0.3 is 0 Å². The summed E-state index contributed by atoms with van der Waals surface area (Å²) in [5.41, 5.74) is 0. The van der Waals surface area contributed by atoms with Crippen molar-refractivity contribution in [3.05, 3.63) is 0 Å². The average Bonchev–Trinajstić information content (AvgIpc) is 0.793. The zero-order valence-corrected chi connectivity index (χ0v) is 63.8. The molecule has 0 saturated carbocycles. The van der Waals surface area contributed by atoms with Crippen LogP contribution in [-0.4, -0.2) is 589 Å². The van der Waals surface area contributed by atoms with E-state index in [1.807, 2.05) is 0 Å². The van der Waals surface area contributed by atoms with Crippen molar-refractivity contribution < 1.29 is 278 Å². The maximum Gasteiger partial charge on any atom is 0.186 e. The summed E-state index contributed by atoms with van der Waals surface area (Å²) in [6, 6.07) is 0. The third-order valence-corrected chi connectivity index (χ3v) is 22.8. The third kappa shape index (κ3) is 22.1. The van der Waals surface area contributed by atoms with Gasteiger partial charge in [-0.05, 0) is 0 Å². The van der Waals surface area contributed by atoms with Gasteiger partial charge in [0.05, 0.1) is 72.7 Å². The lowest BCUT2D eigenvalue weighted by atomic mass is 9.97. The fourth-order valence-electron chi connectivity index (χ4n) is 14.9. The van der Waals surface area contributed by atoms with E-state index in [1.54, 1.807) is 0 Å². The fraction of sp³-hybridized carbons (Fsp3) is 1.00. The van der Waals surface area contributed by atoms with Crippen molar-refractivity contribution in [3.8, 4) is 0 Å². The number of rotatable bonds is 31. The molecule has 11 aliphatic rings. The summed E-state index contributed by atoms with van der Waals surface area (Å²) in [6.07, 6.45) is -107. The molecule has 0 aromatic carbocycles. The van der Waals surface area contributed by atoms with E-state index in [4.69, 9.17) is 99.5 Å². The van der Waals surface area contributed by atoms with Gasteiger partial charge in [-0.15, -0.1) is 0 Å². The molecule has 122 heavy (non-hydrogen) atoms. The molecule has 1 unspecified atom stereocenters. The van der Waals surface area contributed by atoms with Gasteiger partial charge in [-0.2, -0.15) is 0 Å². The van der Waals surface area contributed by atoms with E-state index in [0.717, 1.165) is 0 Å². The van der Waals surface area contributed by atoms with E-state index < -0.39 is 410 Å². The first-order chi connectivity index (χ1) is 57.6. The van der Waals surface area contributed by atoms with Gasteiger partial charge in [0.2, 0.25) is 0 Å². The molecule has 11 rings (SSSR count). The normalized spacial score (nSPS) is 53.8. The highest BCUT2D eigenvalue weighted by molar-refractivity contribution is 5.01. The van der Waals surface area contributed by atoms with Crippen molar-refractivity contribution in [2.75, 3.05) is 72.7 Å². The monoisotopic (exact) mass is 1800 g/mol. The standard InChI is InChI=1S/C66H112O56/c67-1-12-23(68)35(80)46(91)57(113-12)103-3-14-25(70)37(82)48(93)59(115-14)105-5-16-27(72)39(84)50(95)61(117-16)107-7-18-29(74)41(86)52(97)63(119-18)109-9-20-31(76)43(88)54(99)65(121-20)111-11-22-33(78)44(89)55(100)66(122-22)110-10-21-32(77)42(87)53(98)64(120-21)108-8-19-30(75)40(85)51(96)62(118-19)106-6-17-28(73)38(83)49(94)60(116-17)104-4-15-26(71)36(81)47(92)58(114-15)102-2-13-24(69)34(79)45(90)56(101)112-13/h12-101H,1-11H2/t12-,13-,14-,15-,16-,17-,18-,19-,20-,21-,22-,23-,24-,25-,26-,27-,28-,29-,30-,31-,32-,33-,34+,35+,36+,37-,38+,39+,40+,41+,42+,43+,44+,45-,46-,47-,48-,49-,50-,51-,52-,53-,54-,55-,56?,57-,58-,59-,60-,61-,62-,63-,64-,65-,66-/m1/s1. The zero-order chi connectivity index (χ0) is 89.4. The minimum atomic E-state index is -2.16. The molecular formula is C66H112O56. The van der Waals surface area contributed by atoms with Crippen molar-refractivity contribution in [1.82, 2.24) is 0 Å². The van der Waals surface area contributed by atoms with Crippen LogP contribution in [0.25, 0.3) is 0 Å². The van der Waals surface area contributed by atoms with Crippen molar-refractivity contribution in [1.29, 1.82) is 0 Å². The van der Waals surface area contributed by atoms with Crippen LogP contribution in [0, 0.1) is 0 Å². The van der Waals surface area contributed by atoms with Crippen molar-refractivity contribution in [2.45, 2.75) is 338 Å². The molecule has 0 amide bonds. The van der Waals surface area contributed by atoms with Crippen LogP contribution < -0.4 is 0 Å². The highest BCUT2D eigenvalue weighted by Gasteiger charge is 2.57. The lowest BCUT2D eigenvalue weighted by Crippen LogP contribution is -2.64. The molecule has 55 atom stereocenters. The van der Waals surface area contributed by atoms with Gasteiger partial charge in [-0.3, -0.25) is 0 Å². The van der Waals surface area contributed by atoms with Gasteiger partial charge in [0.15, 0.2) is 69.2 Å². The molecule has 0 aliphatic carbocycles. The number of ether oxygens (including phenoxy) is 21. The van der Waals surface area contributed by atoms with Crippen molar-refractivity contribution >= 4 is 0 Å². The summed E-state index contributed by atoms with van der Waals surface area (Å²) in [5.74, 6) is 0. The van der Waals surface area contributed by atoms with Crippen LogP contribution in [0.4, 0.5) is 0 Å². The predicted molar refractivity (Wildman–Crippen MR) is 362 cm³/mol. The molecule has 11 saturated heterocycles. The van der Waals surface area contributed by atoms with E-state index in [-0.39, 0.29) is 0 Å². The molecule has 56 heteroatoms. The molecular weight excluding hydrogens is 1690 g/mol. The van der Waals surface area contributed by atoms with Crippen LogP contribution >= 0.6 is 0 Å². The Morgan fingerprint density at radius 3 is 0.361 bits per heavy atom. The molecule has 0 radical (unpaired) electrons. The first-order valence-electron chi connectivity index (χ1n) is 38.7. The van der Waals surface area contributed by atoms with E-state index in [9.17, 15) is 179 Å². The molecule has 712 valence electrons. The molecule has 0 aromatic rings. The zero-order valence-electron chi connectivity index (χ0n) is 63.8. The van der Waals surface area contributed by atoms with Crippen LogP contribution in [0.1, 0.15) is 0 Å². The second kappa shape index (κ2) is 43.4. The van der Waals surface area contributed by atoms with Gasteiger partial charge in [0, 0.05) is 0 Å². The van der Waals surface area contributed by atoms with E-state index in [1.165, 1.54) is 0 Å². The number of aliphatic hydroxyl groups is 35. The molecule has 0 spiro atoms. The highest BCUT2D eigenvalue weighted by Crippen LogP contribution is 2.36. The van der Waals surface area contributed by atoms with Crippen molar-refractivity contribution in [2.24, 2.45) is 0 Å². The second-order valence-electron chi connectivity index (χ2n) is 31.2. The molecule has 0 bridgehead atoms. The van der Waals surface area contributed by atoms with Gasteiger partial charge in [0.25, 0.3) is 0 Å². The Labute approximate surface area is 687 Å². The second-order valence-corrected chi connectivity index (χ2v) is 31.2. The Kier molecular flexibility index (Phi) is 35.7. The maximum absolute atomic E-state index is 11.0. The summed E-state index contributed by atoms with van der Waals surface area (Å²) < 4.78 is 116. The summed E-state index contributed by atoms with van der Waals surface area (Å²) in [6.45, 7) is -9.52. The maximum atomic E-state index is 11.0. The Balaban J connectivity index is 0.627. The summed E-state index contributed by atoms with van der Waals surface area (Å²) in [4.78, 5) is 0. The molecule has 11 heterocycles. The lowest BCUT2D eigenvalue weighted by Gasteiger charge is -2.45. The van der Waals surface area contributed by atoms with Crippen molar-refractivity contribution in [3.63, 3.8) is 0 Å². The summed E-state index contributed by atoms with van der Waals surface area (Å²) >= 11 is 0. The number of aliphatic hydroxyl groups excluding tert-OH is 35. The summed E-state index contributed by atoms with van der Waals surface area (Å²) in [7, 11) is 0. The predicted octanol–water partition coefficient (Wildman–Crippen LogP) is -25.0. The lowest BCUT2D eigenvalue weighted by molar-refractivity contribution is -0.355. The average molecular weight is 1800 g/mol. The Bertz CT molecular complexity index is 3060. The van der Waals surface area contributed by atoms with Crippen LogP contribution in [-0.2, 0) is 99.5 Å². The molecule has 11 aliphatic heterocycles. The van der Waals surface area contributed by atoms with E-state index in [2.05, 4.69) is 0 Å². The molecule has 35 N–H and O–H groups in total. The van der Waals surface area contributed by atoms with Gasteiger partial charge in [0.1, 0.15) is 269 Å². The Hall–Kier alpha value is -2.24. The Morgan fingerprint density at radius 1 is 0.123 bits per heavy atom. The highest BCUT2D eigenvalue weighted by atomic mass is 16.8.